The summed E-state index contributed by atoms with van der Waals surface area (Å²) >= 11 is 7.40. The fraction of sp³-hybridized carbons (Fsp3) is 0.222. The van der Waals surface area contributed by atoms with E-state index in [9.17, 15) is 9.59 Å². The van der Waals surface area contributed by atoms with E-state index in [1.165, 1.54) is 18.4 Å². The Bertz CT molecular complexity index is 960. The second-order valence-corrected chi connectivity index (χ2v) is 7.61. The molecule has 2 heterocycles. The van der Waals surface area contributed by atoms with Crippen molar-refractivity contribution < 1.29 is 14.3 Å². The third-order valence-electron chi connectivity index (χ3n) is 3.92. The second-order valence-electron chi connectivity index (χ2n) is 5.90. The Morgan fingerprint density at radius 2 is 1.92 bits per heavy atom. The minimum atomic E-state index is -0.493. The predicted octanol–water partition coefficient (Wildman–Crippen LogP) is 3.85. The topological polar surface area (TPSA) is 63.6 Å². The SMILES string of the molecule is COC(=O)c1cc2sc(Cl)cc2n1CC(=O)Nc1ccc(N(C)C)cc1. The van der Waals surface area contributed by atoms with E-state index in [0.29, 0.717) is 15.7 Å². The Kier molecular flexibility index (Phi) is 5.20. The van der Waals surface area contributed by atoms with Gasteiger partial charge in [0.25, 0.3) is 0 Å². The molecule has 6 nitrogen and oxygen atoms in total. The van der Waals surface area contributed by atoms with Gasteiger partial charge in [0.05, 0.1) is 21.7 Å². The number of thiophene rings is 1. The number of methoxy groups -OCH3 is 1. The second kappa shape index (κ2) is 7.39. The molecule has 0 bridgehead atoms. The van der Waals surface area contributed by atoms with Crippen molar-refractivity contribution in [3.8, 4) is 0 Å². The normalized spacial score (nSPS) is 10.8. The average molecular weight is 392 g/mol. The summed E-state index contributed by atoms with van der Waals surface area (Å²) in [4.78, 5) is 26.5. The van der Waals surface area contributed by atoms with Crippen LogP contribution in [0.4, 0.5) is 11.4 Å². The quantitative estimate of drug-likeness (QED) is 0.671. The van der Waals surface area contributed by atoms with Crippen molar-refractivity contribution in [3.63, 3.8) is 0 Å². The van der Waals surface area contributed by atoms with E-state index < -0.39 is 5.97 Å². The number of rotatable bonds is 5. The van der Waals surface area contributed by atoms with Gasteiger partial charge >= 0.3 is 5.97 Å². The molecule has 0 fully saturated rings. The number of anilines is 2. The number of benzene rings is 1. The standard InChI is InChI=1S/C18H18ClN3O3S/c1-21(2)12-6-4-11(5-7-12)20-17(23)10-22-13-9-16(19)26-15(13)8-14(22)18(24)25-3/h4-9H,10H2,1-3H3,(H,20,23). The molecule has 1 amide bonds. The van der Waals surface area contributed by atoms with Crippen molar-refractivity contribution in [2.24, 2.45) is 0 Å². The van der Waals surface area contributed by atoms with Crippen LogP contribution in [0, 0.1) is 0 Å². The van der Waals surface area contributed by atoms with Gasteiger partial charge in [0.2, 0.25) is 5.91 Å². The molecule has 8 heteroatoms. The molecule has 1 aromatic carbocycles. The molecule has 0 spiro atoms. The fourth-order valence-corrected chi connectivity index (χ4v) is 3.82. The maximum Gasteiger partial charge on any atom is 0.354 e. The maximum absolute atomic E-state index is 12.5. The highest BCUT2D eigenvalue weighted by molar-refractivity contribution is 7.22. The molecular formula is C18H18ClN3O3S. The molecule has 3 aromatic rings. The Morgan fingerprint density at radius 1 is 1.23 bits per heavy atom. The molecule has 0 radical (unpaired) electrons. The number of hydrogen-bond acceptors (Lipinski definition) is 5. The first-order valence-corrected chi connectivity index (χ1v) is 9.02. The van der Waals surface area contributed by atoms with E-state index in [-0.39, 0.29) is 12.5 Å². The van der Waals surface area contributed by atoms with E-state index in [1.807, 2.05) is 43.3 Å². The molecule has 0 unspecified atom stereocenters. The highest BCUT2D eigenvalue weighted by atomic mass is 35.5. The molecular weight excluding hydrogens is 374 g/mol. The zero-order valence-electron chi connectivity index (χ0n) is 14.6. The van der Waals surface area contributed by atoms with E-state index in [0.717, 1.165) is 15.9 Å². The van der Waals surface area contributed by atoms with Crippen LogP contribution in [0.15, 0.2) is 36.4 Å². The Hall–Kier alpha value is -2.51. The average Bonchev–Trinajstić information content (AvgIpc) is 3.12. The minimum absolute atomic E-state index is 0.0174. The van der Waals surface area contributed by atoms with Crippen LogP contribution in [0.3, 0.4) is 0 Å². The third-order valence-corrected chi connectivity index (χ3v) is 5.12. The molecule has 0 saturated heterocycles. The summed E-state index contributed by atoms with van der Waals surface area (Å²) in [5.74, 6) is -0.736. The number of nitrogens with one attached hydrogen (secondary N) is 1. The molecule has 136 valence electrons. The minimum Gasteiger partial charge on any atom is -0.464 e. The van der Waals surface area contributed by atoms with Crippen LogP contribution in [0.5, 0.6) is 0 Å². The summed E-state index contributed by atoms with van der Waals surface area (Å²) < 4.78 is 7.86. The summed E-state index contributed by atoms with van der Waals surface area (Å²) in [5.41, 5.74) is 2.78. The first kappa shape index (κ1) is 18.3. The summed E-state index contributed by atoms with van der Waals surface area (Å²) in [6.45, 7) is -0.0174. The van der Waals surface area contributed by atoms with Crippen LogP contribution in [0.25, 0.3) is 10.2 Å². The van der Waals surface area contributed by atoms with Crippen molar-refractivity contribution in [3.05, 3.63) is 46.4 Å². The monoisotopic (exact) mass is 391 g/mol. The summed E-state index contributed by atoms with van der Waals surface area (Å²) in [6, 6.07) is 10.9. The summed E-state index contributed by atoms with van der Waals surface area (Å²) in [7, 11) is 5.21. The van der Waals surface area contributed by atoms with E-state index in [1.54, 1.807) is 16.7 Å². The van der Waals surface area contributed by atoms with Gasteiger partial charge < -0.3 is 19.5 Å². The maximum atomic E-state index is 12.5. The Balaban J connectivity index is 1.83. The molecule has 0 saturated carbocycles. The van der Waals surface area contributed by atoms with Gasteiger partial charge in [0.15, 0.2) is 0 Å². The highest BCUT2D eigenvalue weighted by Crippen LogP contribution is 2.32. The van der Waals surface area contributed by atoms with E-state index >= 15 is 0 Å². The van der Waals surface area contributed by atoms with Crippen molar-refractivity contribution in [1.82, 2.24) is 4.57 Å². The first-order chi connectivity index (χ1) is 12.4. The van der Waals surface area contributed by atoms with Crippen LogP contribution >= 0.6 is 22.9 Å². The van der Waals surface area contributed by atoms with Gasteiger partial charge in [0.1, 0.15) is 12.2 Å². The smallest absolute Gasteiger partial charge is 0.354 e. The molecule has 1 N–H and O–H groups in total. The number of nitrogens with zero attached hydrogens (tertiary/aromatic N) is 2. The number of carbonyl (C=O) groups is 2. The van der Waals surface area contributed by atoms with Crippen LogP contribution in [0.2, 0.25) is 4.34 Å². The number of aromatic nitrogens is 1. The van der Waals surface area contributed by atoms with Crippen molar-refractivity contribution in [2.75, 3.05) is 31.4 Å². The van der Waals surface area contributed by atoms with Crippen LogP contribution in [-0.2, 0) is 16.1 Å². The lowest BCUT2D eigenvalue weighted by molar-refractivity contribution is -0.116. The van der Waals surface area contributed by atoms with E-state index in [4.69, 9.17) is 16.3 Å². The number of hydrogen-bond donors (Lipinski definition) is 1. The first-order valence-electron chi connectivity index (χ1n) is 7.83. The van der Waals surface area contributed by atoms with Crippen molar-refractivity contribution >= 4 is 56.4 Å². The van der Waals surface area contributed by atoms with E-state index in [2.05, 4.69) is 5.32 Å². The number of halogens is 1. The van der Waals surface area contributed by atoms with Crippen LogP contribution < -0.4 is 10.2 Å². The molecule has 0 aliphatic heterocycles. The lowest BCUT2D eigenvalue weighted by Gasteiger charge is -2.13. The Labute approximate surface area is 159 Å². The number of esters is 1. The molecule has 0 atom stereocenters. The van der Waals surface area contributed by atoms with Gasteiger partial charge in [0, 0.05) is 25.5 Å². The number of fused-ring (bicyclic) bond motifs is 1. The summed E-state index contributed by atoms with van der Waals surface area (Å²) in [6.07, 6.45) is 0. The van der Waals surface area contributed by atoms with Crippen LogP contribution in [0.1, 0.15) is 10.5 Å². The van der Waals surface area contributed by atoms with Gasteiger partial charge in [-0.3, -0.25) is 4.79 Å². The molecule has 0 aliphatic carbocycles. The lowest BCUT2D eigenvalue weighted by Crippen LogP contribution is -2.21. The number of amides is 1. The van der Waals surface area contributed by atoms with Gasteiger partial charge in [-0.1, -0.05) is 11.6 Å². The van der Waals surface area contributed by atoms with Gasteiger partial charge in [-0.25, -0.2) is 4.79 Å². The lowest BCUT2D eigenvalue weighted by atomic mass is 10.2. The number of ether oxygens (including phenoxy) is 1. The molecule has 0 aliphatic rings. The summed E-state index contributed by atoms with van der Waals surface area (Å²) in [5, 5.41) is 2.84. The highest BCUT2D eigenvalue weighted by Gasteiger charge is 2.20. The van der Waals surface area contributed by atoms with Gasteiger partial charge in [-0.15, -0.1) is 11.3 Å². The predicted molar refractivity (Wildman–Crippen MR) is 106 cm³/mol. The van der Waals surface area contributed by atoms with Crippen molar-refractivity contribution in [1.29, 1.82) is 0 Å². The zero-order chi connectivity index (χ0) is 18.8. The third kappa shape index (κ3) is 3.68. The van der Waals surface area contributed by atoms with Gasteiger partial charge in [-0.05, 0) is 36.4 Å². The fourth-order valence-electron chi connectivity index (χ4n) is 2.64. The zero-order valence-corrected chi connectivity index (χ0v) is 16.1. The van der Waals surface area contributed by atoms with Gasteiger partial charge in [-0.2, -0.15) is 0 Å². The molecule has 26 heavy (non-hydrogen) atoms. The van der Waals surface area contributed by atoms with Crippen molar-refractivity contribution in [2.45, 2.75) is 6.54 Å². The number of carbonyl (C=O) groups excluding carboxylic acids is 2. The molecule has 2 aromatic heterocycles. The Morgan fingerprint density at radius 3 is 2.54 bits per heavy atom. The molecule has 3 rings (SSSR count). The largest absolute Gasteiger partial charge is 0.464 e. The van der Waals surface area contributed by atoms with Crippen LogP contribution in [-0.4, -0.2) is 37.6 Å².